The van der Waals surface area contributed by atoms with Crippen LogP contribution in [0.5, 0.6) is 0 Å². The second-order valence-corrected chi connectivity index (χ2v) is 5.10. The van der Waals surface area contributed by atoms with Gasteiger partial charge >= 0.3 is 0 Å². The minimum atomic E-state index is 0.501. The van der Waals surface area contributed by atoms with Gasteiger partial charge in [-0.05, 0) is 30.7 Å². The molecule has 0 heterocycles. The molecule has 1 atom stereocenters. The summed E-state index contributed by atoms with van der Waals surface area (Å²) in [5.41, 5.74) is 2.70. The normalized spacial score (nSPS) is 12.4. The average Bonchev–Trinajstić information content (AvgIpc) is 2.38. The molecule has 0 amide bonds. The predicted molar refractivity (Wildman–Crippen MR) is 81.3 cm³/mol. The van der Waals surface area contributed by atoms with Gasteiger partial charge in [0.05, 0.1) is 0 Å². The summed E-state index contributed by atoms with van der Waals surface area (Å²) < 4.78 is 0. The molecule has 0 aliphatic carbocycles. The summed E-state index contributed by atoms with van der Waals surface area (Å²) in [5.74, 6) is 0. The van der Waals surface area contributed by atoms with Gasteiger partial charge in [-0.25, -0.2) is 0 Å². The molecular weight excluding hydrogens is 220 g/mol. The van der Waals surface area contributed by atoms with Crippen molar-refractivity contribution < 1.29 is 0 Å². The zero-order valence-electron chi connectivity index (χ0n) is 12.4. The number of rotatable bonds is 8. The lowest BCUT2D eigenvalue weighted by molar-refractivity contribution is 0.486. The Bertz CT molecular complexity index is 334. The number of hydrogen-bond donors (Lipinski definition) is 1. The Morgan fingerprint density at radius 3 is 2.56 bits per heavy atom. The number of nitrogens with one attached hydrogen (secondary N) is 1. The third-order valence-corrected chi connectivity index (χ3v) is 3.34. The van der Waals surface area contributed by atoms with Gasteiger partial charge < -0.3 is 10.2 Å². The quantitative estimate of drug-likeness (QED) is 0.700. The van der Waals surface area contributed by atoms with Gasteiger partial charge in [-0.15, -0.1) is 0 Å². The van der Waals surface area contributed by atoms with Crippen LogP contribution in [0.25, 0.3) is 0 Å². The van der Waals surface area contributed by atoms with E-state index in [0.29, 0.717) is 6.04 Å². The van der Waals surface area contributed by atoms with E-state index >= 15 is 0 Å². The van der Waals surface area contributed by atoms with E-state index in [9.17, 15) is 0 Å². The minimum absolute atomic E-state index is 0.501. The number of benzene rings is 1. The fraction of sp³-hybridized carbons (Fsp3) is 0.625. The third kappa shape index (κ3) is 4.69. The van der Waals surface area contributed by atoms with E-state index in [2.05, 4.69) is 62.4 Å². The van der Waals surface area contributed by atoms with Crippen molar-refractivity contribution in [1.82, 2.24) is 5.32 Å². The highest BCUT2D eigenvalue weighted by Gasteiger charge is 2.10. The SMILES string of the molecule is CCCCCC(NCC)c1cccc(N(C)C)c1. The highest BCUT2D eigenvalue weighted by molar-refractivity contribution is 5.47. The molecule has 0 aliphatic rings. The monoisotopic (exact) mass is 248 g/mol. The average molecular weight is 248 g/mol. The number of hydrogen-bond acceptors (Lipinski definition) is 2. The van der Waals surface area contributed by atoms with E-state index in [1.165, 1.54) is 36.9 Å². The van der Waals surface area contributed by atoms with Crippen molar-refractivity contribution in [3.8, 4) is 0 Å². The summed E-state index contributed by atoms with van der Waals surface area (Å²) in [6.07, 6.45) is 5.16. The van der Waals surface area contributed by atoms with E-state index in [1.54, 1.807) is 0 Å². The Morgan fingerprint density at radius 1 is 1.17 bits per heavy atom. The standard InChI is InChI=1S/C16H28N2/c1-5-7-8-12-16(17-6-2)14-10-9-11-15(13-14)18(3)4/h9-11,13,16-17H,5-8,12H2,1-4H3. The number of anilines is 1. The zero-order chi connectivity index (χ0) is 13.4. The molecule has 1 rings (SSSR count). The molecule has 2 nitrogen and oxygen atoms in total. The molecule has 0 aliphatic heterocycles. The molecule has 0 fully saturated rings. The molecule has 0 aromatic heterocycles. The number of unbranched alkanes of at least 4 members (excludes halogenated alkanes) is 2. The summed E-state index contributed by atoms with van der Waals surface area (Å²) in [6.45, 7) is 5.47. The molecular formula is C16H28N2. The predicted octanol–water partition coefficient (Wildman–Crippen LogP) is 3.98. The summed E-state index contributed by atoms with van der Waals surface area (Å²) in [5, 5.41) is 3.61. The third-order valence-electron chi connectivity index (χ3n) is 3.34. The molecule has 0 saturated carbocycles. The molecule has 0 spiro atoms. The first-order valence-corrected chi connectivity index (χ1v) is 7.19. The van der Waals surface area contributed by atoms with Crippen molar-refractivity contribution >= 4 is 5.69 Å². The molecule has 1 N–H and O–H groups in total. The minimum Gasteiger partial charge on any atom is -0.378 e. The fourth-order valence-electron chi connectivity index (χ4n) is 2.25. The van der Waals surface area contributed by atoms with Crippen LogP contribution in [0.2, 0.25) is 0 Å². The van der Waals surface area contributed by atoms with Gasteiger partial charge in [-0.3, -0.25) is 0 Å². The van der Waals surface area contributed by atoms with Crippen LogP contribution in [0, 0.1) is 0 Å². The maximum Gasteiger partial charge on any atom is 0.0364 e. The Kier molecular flexibility index (Phi) is 6.81. The van der Waals surface area contributed by atoms with Gasteiger partial charge in [0.2, 0.25) is 0 Å². The Hall–Kier alpha value is -1.02. The van der Waals surface area contributed by atoms with Crippen molar-refractivity contribution in [3.05, 3.63) is 29.8 Å². The van der Waals surface area contributed by atoms with E-state index in [0.717, 1.165) is 6.54 Å². The molecule has 0 radical (unpaired) electrons. The summed E-state index contributed by atoms with van der Waals surface area (Å²) in [4.78, 5) is 2.17. The van der Waals surface area contributed by atoms with Crippen molar-refractivity contribution in [2.45, 2.75) is 45.6 Å². The van der Waals surface area contributed by atoms with Crippen molar-refractivity contribution in [2.24, 2.45) is 0 Å². The Balaban J connectivity index is 2.74. The lowest BCUT2D eigenvalue weighted by Crippen LogP contribution is -2.21. The first-order chi connectivity index (χ1) is 8.69. The first kappa shape index (κ1) is 15.0. The van der Waals surface area contributed by atoms with Gasteiger partial charge in [0.25, 0.3) is 0 Å². The molecule has 18 heavy (non-hydrogen) atoms. The van der Waals surface area contributed by atoms with Gasteiger partial charge in [-0.1, -0.05) is 45.2 Å². The molecule has 1 unspecified atom stereocenters. The van der Waals surface area contributed by atoms with E-state index < -0.39 is 0 Å². The smallest absolute Gasteiger partial charge is 0.0364 e. The van der Waals surface area contributed by atoms with Crippen LogP contribution in [0.4, 0.5) is 5.69 Å². The van der Waals surface area contributed by atoms with Crippen LogP contribution in [-0.2, 0) is 0 Å². The maximum absolute atomic E-state index is 3.61. The molecule has 1 aromatic carbocycles. The van der Waals surface area contributed by atoms with Crippen LogP contribution in [0.1, 0.15) is 51.1 Å². The van der Waals surface area contributed by atoms with Crippen LogP contribution in [0.15, 0.2) is 24.3 Å². The first-order valence-electron chi connectivity index (χ1n) is 7.19. The van der Waals surface area contributed by atoms with Gasteiger partial charge in [-0.2, -0.15) is 0 Å². The summed E-state index contributed by atoms with van der Waals surface area (Å²) in [7, 11) is 4.19. The zero-order valence-corrected chi connectivity index (χ0v) is 12.4. The summed E-state index contributed by atoms with van der Waals surface area (Å²) >= 11 is 0. The van der Waals surface area contributed by atoms with Gasteiger partial charge in [0.1, 0.15) is 0 Å². The second-order valence-electron chi connectivity index (χ2n) is 5.10. The maximum atomic E-state index is 3.61. The van der Waals surface area contributed by atoms with Crippen LogP contribution in [-0.4, -0.2) is 20.6 Å². The van der Waals surface area contributed by atoms with Crippen molar-refractivity contribution in [2.75, 3.05) is 25.5 Å². The lowest BCUT2D eigenvalue weighted by Gasteiger charge is -2.21. The van der Waals surface area contributed by atoms with E-state index in [-0.39, 0.29) is 0 Å². The lowest BCUT2D eigenvalue weighted by atomic mass is 9.99. The largest absolute Gasteiger partial charge is 0.378 e. The Labute approximate surface area is 112 Å². The molecule has 2 heteroatoms. The topological polar surface area (TPSA) is 15.3 Å². The van der Waals surface area contributed by atoms with Gasteiger partial charge in [0, 0.05) is 25.8 Å². The molecule has 0 saturated heterocycles. The van der Waals surface area contributed by atoms with E-state index in [1.807, 2.05) is 0 Å². The van der Waals surface area contributed by atoms with Gasteiger partial charge in [0.15, 0.2) is 0 Å². The van der Waals surface area contributed by atoms with Crippen LogP contribution >= 0.6 is 0 Å². The van der Waals surface area contributed by atoms with Crippen molar-refractivity contribution in [3.63, 3.8) is 0 Å². The second kappa shape index (κ2) is 8.15. The molecule has 0 bridgehead atoms. The molecule has 102 valence electrons. The molecule has 1 aromatic rings. The Morgan fingerprint density at radius 2 is 1.94 bits per heavy atom. The highest BCUT2D eigenvalue weighted by Crippen LogP contribution is 2.23. The highest BCUT2D eigenvalue weighted by atomic mass is 15.1. The summed E-state index contributed by atoms with van der Waals surface area (Å²) in [6, 6.07) is 9.38. The van der Waals surface area contributed by atoms with Crippen molar-refractivity contribution in [1.29, 1.82) is 0 Å². The van der Waals surface area contributed by atoms with Crippen LogP contribution in [0.3, 0.4) is 0 Å². The number of nitrogens with zero attached hydrogens (tertiary/aromatic N) is 1. The van der Waals surface area contributed by atoms with E-state index in [4.69, 9.17) is 0 Å². The van der Waals surface area contributed by atoms with Crippen LogP contribution < -0.4 is 10.2 Å². The fourth-order valence-corrected chi connectivity index (χ4v) is 2.25.